The van der Waals surface area contributed by atoms with E-state index in [4.69, 9.17) is 10.6 Å². The summed E-state index contributed by atoms with van der Waals surface area (Å²) in [4.78, 5) is 15.8. The Kier molecular flexibility index (Phi) is 3.91. The van der Waals surface area contributed by atoms with Gasteiger partial charge in [0.25, 0.3) is 5.91 Å². The van der Waals surface area contributed by atoms with Crippen LogP contribution in [0, 0.1) is 0 Å². The lowest BCUT2D eigenvalue weighted by atomic mass is 9.89. The van der Waals surface area contributed by atoms with Crippen molar-refractivity contribution in [1.82, 2.24) is 10.4 Å². The molecule has 1 aliphatic rings. The van der Waals surface area contributed by atoms with E-state index in [9.17, 15) is 4.79 Å². The molecular formula is C19H21N4O2+. The average Bonchev–Trinajstić information content (AvgIpc) is 3.05. The zero-order chi connectivity index (χ0) is 17.4. The molecule has 0 fully saturated rings. The van der Waals surface area contributed by atoms with Gasteiger partial charge in [0.2, 0.25) is 0 Å². The van der Waals surface area contributed by atoms with Gasteiger partial charge in [-0.25, -0.2) is 5.84 Å². The second-order valence-corrected chi connectivity index (χ2v) is 6.29. The third-order valence-corrected chi connectivity index (χ3v) is 4.96. The maximum absolute atomic E-state index is 12.3. The van der Waals surface area contributed by atoms with Crippen LogP contribution in [0.1, 0.15) is 22.9 Å². The number of nitrogens with two attached hydrogens (primary N) is 2. The van der Waals surface area contributed by atoms with Crippen molar-refractivity contribution in [2.24, 2.45) is 5.84 Å². The number of rotatable bonds is 3. The van der Waals surface area contributed by atoms with Crippen molar-refractivity contribution in [2.45, 2.75) is 18.5 Å². The molecule has 25 heavy (non-hydrogen) atoms. The van der Waals surface area contributed by atoms with Crippen molar-refractivity contribution >= 4 is 16.8 Å². The number of para-hydroxylation sites is 2. The largest absolute Gasteiger partial charge is 0.496 e. The first-order chi connectivity index (χ1) is 12.2. The van der Waals surface area contributed by atoms with Crippen LogP contribution in [0.4, 0.5) is 0 Å². The third kappa shape index (κ3) is 2.56. The molecule has 0 spiro atoms. The van der Waals surface area contributed by atoms with Crippen molar-refractivity contribution in [1.29, 1.82) is 0 Å². The minimum absolute atomic E-state index is 0.0606. The van der Waals surface area contributed by atoms with Crippen LogP contribution in [0.25, 0.3) is 10.9 Å². The number of hydrogen-bond donors (Lipinski definition) is 4. The summed E-state index contributed by atoms with van der Waals surface area (Å²) in [6.07, 6.45) is 0.633. The number of benzene rings is 2. The number of carbonyl (C=O) groups is 1. The topological polar surface area (TPSA) is 96.8 Å². The van der Waals surface area contributed by atoms with Crippen LogP contribution in [-0.4, -0.2) is 24.0 Å². The number of fused-ring (bicyclic) bond motifs is 3. The van der Waals surface area contributed by atoms with Gasteiger partial charge in [-0.05, 0) is 23.8 Å². The molecule has 0 bridgehead atoms. The number of H-pyrrole nitrogens is 1. The molecule has 0 radical (unpaired) electrons. The second-order valence-electron chi connectivity index (χ2n) is 6.29. The molecule has 1 aromatic heterocycles. The Morgan fingerprint density at radius 3 is 2.80 bits per heavy atom. The molecule has 4 rings (SSSR count). The molecule has 0 saturated carbocycles. The smallest absolute Gasteiger partial charge is 0.292 e. The summed E-state index contributed by atoms with van der Waals surface area (Å²) in [5.74, 6) is 6.04. The summed E-state index contributed by atoms with van der Waals surface area (Å²) in [5.41, 5.74) is 6.69. The van der Waals surface area contributed by atoms with Crippen LogP contribution in [0.2, 0.25) is 0 Å². The number of aromatic amines is 1. The first-order valence-electron chi connectivity index (χ1n) is 8.30. The lowest BCUT2D eigenvalue weighted by molar-refractivity contribution is -0.711. The first-order valence-corrected chi connectivity index (χ1v) is 8.30. The highest BCUT2D eigenvalue weighted by molar-refractivity contribution is 5.87. The number of nitrogens with one attached hydrogen (secondary N) is 2. The lowest BCUT2D eigenvalue weighted by Gasteiger charge is -2.28. The van der Waals surface area contributed by atoms with E-state index in [1.807, 2.05) is 36.4 Å². The summed E-state index contributed by atoms with van der Waals surface area (Å²) in [5, 5.41) is 3.21. The molecule has 6 nitrogen and oxygen atoms in total. The number of methoxy groups -OCH3 is 1. The zero-order valence-corrected chi connectivity index (χ0v) is 14.0. The molecule has 0 saturated heterocycles. The monoisotopic (exact) mass is 337 g/mol. The molecule has 128 valence electrons. The van der Waals surface area contributed by atoms with Crippen LogP contribution < -0.4 is 21.3 Å². The Morgan fingerprint density at radius 1 is 1.24 bits per heavy atom. The summed E-state index contributed by atoms with van der Waals surface area (Å²) >= 11 is 0. The number of ether oxygens (including phenoxy) is 1. The predicted molar refractivity (Wildman–Crippen MR) is 94.9 cm³/mol. The normalized spacial score (nSPS) is 19.4. The Morgan fingerprint density at radius 2 is 2.00 bits per heavy atom. The molecule has 6 N–H and O–H groups in total. The van der Waals surface area contributed by atoms with Crippen LogP contribution in [0.5, 0.6) is 5.75 Å². The van der Waals surface area contributed by atoms with Crippen molar-refractivity contribution < 1.29 is 14.8 Å². The van der Waals surface area contributed by atoms with Gasteiger partial charge in [-0.3, -0.25) is 10.2 Å². The quantitative estimate of drug-likeness (QED) is 0.322. The molecule has 6 heteroatoms. The SMILES string of the molecule is COc1ccccc1[C@H]1[NH2+][C@@H](C(=O)NN)Cc2c1[nH]c1ccccc21. The summed E-state index contributed by atoms with van der Waals surface area (Å²) in [6, 6.07) is 15.7. The van der Waals surface area contributed by atoms with Gasteiger partial charge in [0.05, 0.1) is 18.4 Å². The Hall–Kier alpha value is -2.83. The van der Waals surface area contributed by atoms with Gasteiger partial charge in [-0.1, -0.05) is 30.3 Å². The average molecular weight is 337 g/mol. The van der Waals surface area contributed by atoms with Crippen LogP contribution in [0.15, 0.2) is 48.5 Å². The number of carbonyl (C=O) groups excluding carboxylic acids is 1. The van der Waals surface area contributed by atoms with Crippen molar-refractivity contribution in [3.63, 3.8) is 0 Å². The number of hydrogen-bond acceptors (Lipinski definition) is 3. The maximum atomic E-state index is 12.3. The molecule has 0 unspecified atom stereocenters. The van der Waals surface area contributed by atoms with E-state index in [0.29, 0.717) is 6.42 Å². The molecule has 2 heterocycles. The van der Waals surface area contributed by atoms with Crippen LogP contribution >= 0.6 is 0 Å². The highest BCUT2D eigenvalue weighted by Crippen LogP contribution is 2.34. The molecule has 2 atom stereocenters. The minimum atomic E-state index is -0.286. The van der Waals surface area contributed by atoms with Crippen molar-refractivity contribution in [2.75, 3.05) is 7.11 Å². The molecule has 3 aromatic rings. The maximum Gasteiger partial charge on any atom is 0.292 e. The number of hydrazine groups is 1. The van der Waals surface area contributed by atoms with Gasteiger partial charge >= 0.3 is 0 Å². The van der Waals surface area contributed by atoms with Gasteiger partial charge < -0.3 is 15.0 Å². The van der Waals surface area contributed by atoms with E-state index in [0.717, 1.165) is 27.9 Å². The van der Waals surface area contributed by atoms with E-state index >= 15 is 0 Å². The van der Waals surface area contributed by atoms with E-state index in [1.54, 1.807) is 7.11 Å². The van der Waals surface area contributed by atoms with Crippen molar-refractivity contribution in [3.8, 4) is 5.75 Å². The van der Waals surface area contributed by atoms with Gasteiger partial charge in [-0.2, -0.15) is 0 Å². The Bertz CT molecular complexity index is 934. The van der Waals surface area contributed by atoms with Gasteiger partial charge in [-0.15, -0.1) is 0 Å². The fourth-order valence-electron chi connectivity index (χ4n) is 3.79. The van der Waals surface area contributed by atoms with E-state index < -0.39 is 0 Å². The summed E-state index contributed by atoms with van der Waals surface area (Å²) in [7, 11) is 1.66. The van der Waals surface area contributed by atoms with Gasteiger partial charge in [0.1, 0.15) is 5.75 Å². The third-order valence-electron chi connectivity index (χ3n) is 4.96. The van der Waals surface area contributed by atoms with Gasteiger partial charge in [0.15, 0.2) is 12.1 Å². The molecular weight excluding hydrogens is 316 g/mol. The molecule has 2 aromatic carbocycles. The minimum Gasteiger partial charge on any atom is -0.496 e. The second kappa shape index (κ2) is 6.23. The van der Waals surface area contributed by atoms with Crippen LogP contribution in [0.3, 0.4) is 0 Å². The Balaban J connectivity index is 1.90. The number of aromatic nitrogens is 1. The molecule has 1 amide bonds. The van der Waals surface area contributed by atoms with E-state index in [2.05, 4.69) is 27.9 Å². The highest BCUT2D eigenvalue weighted by Gasteiger charge is 2.38. The Labute approximate surface area is 145 Å². The number of quaternary nitrogens is 1. The zero-order valence-electron chi connectivity index (χ0n) is 14.0. The van der Waals surface area contributed by atoms with E-state index in [-0.39, 0.29) is 18.0 Å². The fourth-order valence-corrected chi connectivity index (χ4v) is 3.79. The van der Waals surface area contributed by atoms with E-state index in [1.165, 1.54) is 5.56 Å². The van der Waals surface area contributed by atoms with Gasteiger partial charge in [0, 0.05) is 17.3 Å². The van der Waals surface area contributed by atoms with Crippen molar-refractivity contribution in [3.05, 3.63) is 65.4 Å². The van der Waals surface area contributed by atoms with Crippen LogP contribution in [-0.2, 0) is 11.2 Å². The fraction of sp³-hybridized carbons (Fsp3) is 0.211. The standard InChI is InChI=1S/C19H20N4O2/c1-25-16-9-5-3-7-12(16)17-18-13(10-15(22-17)19(24)23-20)11-6-2-4-8-14(11)21-18/h2-9,15,17,21-22H,10,20H2,1H3,(H,23,24)/p+1/t15-,17-/m1/s1. The molecule has 0 aliphatic carbocycles. The number of amides is 1. The first kappa shape index (κ1) is 15.7. The highest BCUT2D eigenvalue weighted by atomic mass is 16.5. The summed E-state index contributed by atoms with van der Waals surface area (Å²) in [6.45, 7) is 0. The molecule has 1 aliphatic heterocycles. The predicted octanol–water partition coefficient (Wildman–Crippen LogP) is 0.744. The lowest BCUT2D eigenvalue weighted by Crippen LogP contribution is -2.95. The summed E-state index contributed by atoms with van der Waals surface area (Å²) < 4.78 is 5.55.